The summed E-state index contributed by atoms with van der Waals surface area (Å²) in [7, 11) is 0. The van der Waals surface area contributed by atoms with E-state index in [9.17, 15) is 10.1 Å². The van der Waals surface area contributed by atoms with Crippen LogP contribution in [0.5, 0.6) is 0 Å². The van der Waals surface area contributed by atoms with Gasteiger partial charge >= 0.3 is 0 Å². The molecule has 100 valence electrons. The average Bonchev–Trinajstić information content (AvgIpc) is 2.64. The van der Waals surface area contributed by atoms with E-state index in [1.807, 2.05) is 24.6 Å². The molecule has 1 aromatic carbocycles. The van der Waals surface area contributed by atoms with Gasteiger partial charge in [0.25, 0.3) is 5.69 Å². The molecular weight excluding hydrogens is 310 g/mol. The lowest BCUT2D eigenvalue weighted by molar-refractivity contribution is -0.385. The van der Waals surface area contributed by atoms with Crippen LogP contribution in [0.2, 0.25) is 0 Å². The van der Waals surface area contributed by atoms with Crippen molar-refractivity contribution >= 4 is 21.6 Å². The predicted octanol–water partition coefficient (Wildman–Crippen LogP) is 3.41. The molecule has 1 heterocycles. The normalized spacial score (nSPS) is 10.7. The van der Waals surface area contributed by atoms with Crippen molar-refractivity contribution in [2.24, 2.45) is 0 Å². The maximum Gasteiger partial charge on any atom is 0.272 e. The number of halogens is 1. The first-order valence-electron chi connectivity index (χ1n) is 5.92. The Hall–Kier alpha value is -1.69. The van der Waals surface area contributed by atoms with E-state index >= 15 is 0 Å². The fourth-order valence-corrected chi connectivity index (χ4v) is 2.30. The minimum Gasteiger partial charge on any atom is -0.268 e. The quantitative estimate of drug-likeness (QED) is 0.639. The van der Waals surface area contributed by atoms with Crippen LogP contribution in [0.25, 0.3) is 0 Å². The molecule has 0 aliphatic rings. The highest BCUT2D eigenvalue weighted by molar-refractivity contribution is 9.10. The molecule has 0 saturated carbocycles. The summed E-state index contributed by atoms with van der Waals surface area (Å²) in [6, 6.07) is 6.83. The van der Waals surface area contributed by atoms with Gasteiger partial charge in [0.05, 0.1) is 15.1 Å². The Labute approximate surface area is 119 Å². The standard InChI is InChI=1S/C13H14BrN3O2/c1-9-13(14)10(2)16(15-9)8-7-11-5-3-4-6-12(11)17(18)19/h3-6H,7-8H2,1-2H3. The number of aromatic nitrogens is 2. The number of nitro groups is 1. The van der Waals surface area contributed by atoms with Crippen LogP contribution >= 0.6 is 15.9 Å². The first-order valence-corrected chi connectivity index (χ1v) is 6.72. The van der Waals surface area contributed by atoms with Gasteiger partial charge in [0.2, 0.25) is 0 Å². The van der Waals surface area contributed by atoms with E-state index in [1.165, 1.54) is 6.07 Å². The third-order valence-corrected chi connectivity index (χ3v) is 4.22. The highest BCUT2D eigenvalue weighted by Gasteiger charge is 2.13. The zero-order chi connectivity index (χ0) is 14.0. The van der Waals surface area contributed by atoms with Crippen LogP contribution in [0, 0.1) is 24.0 Å². The molecule has 0 saturated heterocycles. The molecule has 0 fully saturated rings. The number of benzene rings is 1. The Morgan fingerprint density at radius 3 is 2.63 bits per heavy atom. The number of nitrogens with zero attached hydrogens (tertiary/aromatic N) is 3. The topological polar surface area (TPSA) is 61.0 Å². The fourth-order valence-electron chi connectivity index (χ4n) is 2.02. The Morgan fingerprint density at radius 2 is 2.05 bits per heavy atom. The monoisotopic (exact) mass is 323 g/mol. The zero-order valence-electron chi connectivity index (χ0n) is 10.8. The van der Waals surface area contributed by atoms with Gasteiger partial charge < -0.3 is 0 Å². The van der Waals surface area contributed by atoms with Crippen molar-refractivity contribution in [1.82, 2.24) is 9.78 Å². The lowest BCUT2D eigenvalue weighted by atomic mass is 10.1. The van der Waals surface area contributed by atoms with Gasteiger partial charge in [-0.25, -0.2) is 0 Å². The minimum atomic E-state index is -0.341. The lowest BCUT2D eigenvalue weighted by Gasteiger charge is -2.05. The summed E-state index contributed by atoms with van der Waals surface area (Å²) in [4.78, 5) is 10.6. The average molecular weight is 324 g/mol. The van der Waals surface area contributed by atoms with Crippen molar-refractivity contribution in [2.45, 2.75) is 26.8 Å². The third-order valence-electron chi connectivity index (χ3n) is 3.07. The molecule has 0 N–H and O–H groups in total. The highest BCUT2D eigenvalue weighted by atomic mass is 79.9. The molecule has 0 atom stereocenters. The summed E-state index contributed by atoms with van der Waals surface area (Å²) in [5, 5.41) is 15.3. The Kier molecular flexibility index (Phi) is 3.99. The first-order chi connectivity index (χ1) is 9.00. The second-order valence-electron chi connectivity index (χ2n) is 4.34. The van der Waals surface area contributed by atoms with Gasteiger partial charge in [0.15, 0.2) is 0 Å². The van der Waals surface area contributed by atoms with Crippen molar-refractivity contribution < 1.29 is 4.92 Å². The van der Waals surface area contributed by atoms with E-state index in [4.69, 9.17) is 0 Å². The van der Waals surface area contributed by atoms with Gasteiger partial charge in [-0.15, -0.1) is 0 Å². The molecule has 1 aromatic heterocycles. The number of nitro benzene ring substituents is 1. The van der Waals surface area contributed by atoms with E-state index in [0.717, 1.165) is 21.4 Å². The second-order valence-corrected chi connectivity index (χ2v) is 5.14. The summed E-state index contributed by atoms with van der Waals surface area (Å²) in [5.41, 5.74) is 2.87. The van der Waals surface area contributed by atoms with Crippen LogP contribution in [0.3, 0.4) is 0 Å². The van der Waals surface area contributed by atoms with E-state index in [0.29, 0.717) is 13.0 Å². The summed E-state index contributed by atoms with van der Waals surface area (Å²) in [6.07, 6.45) is 0.589. The van der Waals surface area contributed by atoms with Crippen LogP contribution in [-0.4, -0.2) is 14.7 Å². The Balaban J connectivity index is 2.19. The SMILES string of the molecule is Cc1nn(CCc2ccccc2[N+](=O)[O-])c(C)c1Br. The molecule has 0 spiro atoms. The van der Waals surface area contributed by atoms with E-state index < -0.39 is 0 Å². The largest absolute Gasteiger partial charge is 0.272 e. The van der Waals surface area contributed by atoms with Gasteiger partial charge in [-0.05, 0) is 36.2 Å². The van der Waals surface area contributed by atoms with Crippen molar-refractivity contribution in [3.63, 3.8) is 0 Å². The number of para-hydroxylation sites is 1. The second kappa shape index (κ2) is 5.52. The molecular formula is C13H14BrN3O2. The van der Waals surface area contributed by atoms with Crippen LogP contribution in [0.15, 0.2) is 28.7 Å². The van der Waals surface area contributed by atoms with Crippen LogP contribution in [0.4, 0.5) is 5.69 Å². The van der Waals surface area contributed by atoms with Gasteiger partial charge in [0.1, 0.15) is 0 Å². The number of aryl methyl sites for hydroxylation is 3. The third kappa shape index (κ3) is 2.84. The van der Waals surface area contributed by atoms with Crippen molar-refractivity contribution in [2.75, 3.05) is 0 Å². The molecule has 0 aliphatic carbocycles. The van der Waals surface area contributed by atoms with Crippen LogP contribution in [0.1, 0.15) is 17.0 Å². The zero-order valence-corrected chi connectivity index (χ0v) is 12.3. The number of hydrogen-bond donors (Lipinski definition) is 0. The molecule has 2 aromatic rings. The Bertz CT molecular complexity index is 622. The molecule has 0 amide bonds. The van der Waals surface area contributed by atoms with E-state index in [-0.39, 0.29) is 10.6 Å². The molecule has 0 radical (unpaired) electrons. The summed E-state index contributed by atoms with van der Waals surface area (Å²) >= 11 is 3.47. The summed E-state index contributed by atoms with van der Waals surface area (Å²) in [5.74, 6) is 0. The lowest BCUT2D eigenvalue weighted by Crippen LogP contribution is -2.06. The molecule has 0 bridgehead atoms. The van der Waals surface area contributed by atoms with E-state index in [2.05, 4.69) is 21.0 Å². The molecule has 6 heteroatoms. The molecule has 0 unspecified atom stereocenters. The highest BCUT2D eigenvalue weighted by Crippen LogP contribution is 2.22. The van der Waals surface area contributed by atoms with Crippen LogP contribution in [-0.2, 0) is 13.0 Å². The molecule has 0 aliphatic heterocycles. The van der Waals surface area contributed by atoms with Crippen molar-refractivity contribution in [3.8, 4) is 0 Å². The van der Waals surface area contributed by atoms with Gasteiger partial charge in [-0.1, -0.05) is 18.2 Å². The fraction of sp³-hybridized carbons (Fsp3) is 0.308. The van der Waals surface area contributed by atoms with Gasteiger partial charge in [-0.2, -0.15) is 5.10 Å². The van der Waals surface area contributed by atoms with Crippen molar-refractivity contribution in [3.05, 3.63) is 55.8 Å². The number of hydrogen-bond acceptors (Lipinski definition) is 3. The molecule has 19 heavy (non-hydrogen) atoms. The maximum absolute atomic E-state index is 10.9. The smallest absolute Gasteiger partial charge is 0.268 e. The maximum atomic E-state index is 10.9. The first kappa shape index (κ1) is 13.7. The van der Waals surface area contributed by atoms with Crippen LogP contribution < -0.4 is 0 Å². The van der Waals surface area contributed by atoms with Gasteiger partial charge in [-0.3, -0.25) is 14.8 Å². The predicted molar refractivity (Wildman–Crippen MR) is 76.2 cm³/mol. The summed E-state index contributed by atoms with van der Waals surface area (Å²) < 4.78 is 2.87. The summed E-state index contributed by atoms with van der Waals surface area (Å²) in [6.45, 7) is 4.53. The Morgan fingerprint density at radius 1 is 1.37 bits per heavy atom. The van der Waals surface area contributed by atoms with E-state index in [1.54, 1.807) is 12.1 Å². The molecule has 5 nitrogen and oxygen atoms in total. The van der Waals surface area contributed by atoms with Crippen molar-refractivity contribution in [1.29, 1.82) is 0 Å². The number of rotatable bonds is 4. The van der Waals surface area contributed by atoms with Gasteiger partial charge in [0, 0.05) is 23.9 Å². The minimum absolute atomic E-state index is 0.170. The molecule has 2 rings (SSSR count).